The van der Waals surface area contributed by atoms with Crippen LogP contribution in [0.3, 0.4) is 0 Å². The molecule has 2 aromatic rings. The van der Waals surface area contributed by atoms with E-state index in [0.717, 1.165) is 16.3 Å². The normalized spacial score (nSPS) is 10.5. The fourth-order valence-corrected chi connectivity index (χ4v) is 3.42. The molecule has 0 N–H and O–H groups in total. The number of carbonyl (C=O) groups is 3. The molecule has 1 aromatic heterocycles. The number of carbonyl (C=O) groups excluding carboxylic acids is 3. The number of rotatable bonds is 8. The second-order valence-electron chi connectivity index (χ2n) is 5.96. The van der Waals surface area contributed by atoms with Gasteiger partial charge in [-0.1, -0.05) is 12.1 Å². The standard InChI is InChI=1S/C20H23NO5S/c1-13-11-16(14(2)21(13)10-9-19(23)25-3)17(22)12-26-20(24)15-7-5-6-8-18(15)27-4/h5-8,11H,9-10,12H2,1-4H3. The third kappa shape index (κ3) is 5.01. The van der Waals surface area contributed by atoms with E-state index in [9.17, 15) is 14.4 Å². The number of benzene rings is 1. The molecule has 0 bridgehead atoms. The predicted octanol–water partition coefficient (Wildman–Crippen LogP) is 3.43. The van der Waals surface area contributed by atoms with Crippen molar-refractivity contribution in [2.45, 2.75) is 31.7 Å². The van der Waals surface area contributed by atoms with Crippen LogP contribution in [0, 0.1) is 13.8 Å². The van der Waals surface area contributed by atoms with Crippen molar-refractivity contribution >= 4 is 29.5 Å². The Morgan fingerprint density at radius 1 is 1.11 bits per heavy atom. The smallest absolute Gasteiger partial charge is 0.339 e. The topological polar surface area (TPSA) is 74.6 Å². The van der Waals surface area contributed by atoms with E-state index in [2.05, 4.69) is 4.74 Å². The maximum absolute atomic E-state index is 12.5. The number of nitrogens with zero attached hydrogens (tertiary/aromatic N) is 1. The molecule has 0 amide bonds. The molecule has 0 aliphatic heterocycles. The number of hydrogen-bond acceptors (Lipinski definition) is 6. The fraction of sp³-hybridized carbons (Fsp3) is 0.350. The van der Waals surface area contributed by atoms with Crippen LogP contribution in [0.2, 0.25) is 0 Å². The minimum Gasteiger partial charge on any atom is -0.469 e. The van der Waals surface area contributed by atoms with Crippen LogP contribution in [0.4, 0.5) is 0 Å². The van der Waals surface area contributed by atoms with Crippen molar-refractivity contribution in [1.29, 1.82) is 0 Å². The Kier molecular flexibility index (Phi) is 7.24. The summed E-state index contributed by atoms with van der Waals surface area (Å²) in [6.45, 7) is 3.77. The number of thioether (sulfide) groups is 1. The van der Waals surface area contributed by atoms with E-state index in [1.165, 1.54) is 18.9 Å². The first-order chi connectivity index (χ1) is 12.9. The fourth-order valence-electron chi connectivity index (χ4n) is 2.83. The van der Waals surface area contributed by atoms with Crippen molar-refractivity contribution < 1.29 is 23.9 Å². The summed E-state index contributed by atoms with van der Waals surface area (Å²) in [6, 6.07) is 8.86. The lowest BCUT2D eigenvalue weighted by Crippen LogP contribution is -2.16. The summed E-state index contributed by atoms with van der Waals surface area (Å²) in [7, 11) is 1.34. The van der Waals surface area contributed by atoms with Crippen LogP contribution >= 0.6 is 11.8 Å². The highest BCUT2D eigenvalue weighted by molar-refractivity contribution is 7.98. The lowest BCUT2D eigenvalue weighted by Gasteiger charge is -2.09. The van der Waals surface area contributed by atoms with Crippen molar-refractivity contribution in [1.82, 2.24) is 4.57 Å². The maximum Gasteiger partial charge on any atom is 0.339 e. The second-order valence-corrected chi connectivity index (χ2v) is 6.81. The summed E-state index contributed by atoms with van der Waals surface area (Å²) >= 11 is 1.44. The van der Waals surface area contributed by atoms with E-state index in [1.54, 1.807) is 18.2 Å². The Labute approximate surface area is 162 Å². The molecule has 7 heteroatoms. The van der Waals surface area contributed by atoms with E-state index in [1.807, 2.05) is 36.8 Å². The van der Waals surface area contributed by atoms with Gasteiger partial charge in [-0.2, -0.15) is 0 Å². The largest absolute Gasteiger partial charge is 0.469 e. The molecule has 0 saturated heterocycles. The number of aromatic nitrogens is 1. The van der Waals surface area contributed by atoms with E-state index in [4.69, 9.17) is 4.74 Å². The van der Waals surface area contributed by atoms with Gasteiger partial charge in [0.1, 0.15) is 0 Å². The minimum absolute atomic E-state index is 0.223. The number of hydrogen-bond donors (Lipinski definition) is 0. The molecule has 0 aliphatic carbocycles. The highest BCUT2D eigenvalue weighted by atomic mass is 32.2. The molecule has 0 unspecified atom stereocenters. The predicted molar refractivity (Wildman–Crippen MR) is 103 cm³/mol. The molecule has 1 heterocycles. The van der Waals surface area contributed by atoms with Crippen LogP contribution in [-0.2, 0) is 20.8 Å². The van der Waals surface area contributed by atoms with Crippen LogP contribution in [0.1, 0.15) is 38.5 Å². The van der Waals surface area contributed by atoms with Crippen LogP contribution in [0.5, 0.6) is 0 Å². The van der Waals surface area contributed by atoms with Gasteiger partial charge in [-0.25, -0.2) is 4.79 Å². The molecule has 144 valence electrons. The zero-order valence-corrected chi connectivity index (χ0v) is 16.7. The van der Waals surface area contributed by atoms with Gasteiger partial charge < -0.3 is 14.0 Å². The van der Waals surface area contributed by atoms with Gasteiger partial charge in [0.2, 0.25) is 5.78 Å². The number of aryl methyl sites for hydroxylation is 1. The van der Waals surface area contributed by atoms with Crippen LogP contribution in [0.15, 0.2) is 35.2 Å². The molecular formula is C20H23NO5S. The van der Waals surface area contributed by atoms with Gasteiger partial charge in [0, 0.05) is 28.4 Å². The first kappa shape index (κ1) is 20.8. The van der Waals surface area contributed by atoms with Gasteiger partial charge in [-0.3, -0.25) is 9.59 Å². The number of ether oxygens (including phenoxy) is 2. The van der Waals surface area contributed by atoms with Crippen LogP contribution in [0.25, 0.3) is 0 Å². The summed E-state index contributed by atoms with van der Waals surface area (Å²) in [5, 5.41) is 0. The summed E-state index contributed by atoms with van der Waals surface area (Å²) in [5.41, 5.74) is 2.53. The summed E-state index contributed by atoms with van der Waals surface area (Å²) in [4.78, 5) is 37.0. The minimum atomic E-state index is -0.521. The van der Waals surface area contributed by atoms with Gasteiger partial charge in [-0.05, 0) is 38.3 Å². The summed E-state index contributed by atoms with van der Waals surface area (Å²) in [6.07, 6.45) is 2.10. The van der Waals surface area contributed by atoms with E-state index < -0.39 is 5.97 Å². The Morgan fingerprint density at radius 3 is 2.48 bits per heavy atom. The Balaban J connectivity index is 2.06. The molecule has 27 heavy (non-hydrogen) atoms. The Bertz CT molecular complexity index is 856. The van der Waals surface area contributed by atoms with E-state index >= 15 is 0 Å². The zero-order chi connectivity index (χ0) is 20.0. The van der Waals surface area contributed by atoms with Gasteiger partial charge in [0.15, 0.2) is 6.61 Å². The molecule has 0 aliphatic rings. The third-order valence-electron chi connectivity index (χ3n) is 4.30. The van der Waals surface area contributed by atoms with Gasteiger partial charge in [0.25, 0.3) is 0 Å². The van der Waals surface area contributed by atoms with Crippen molar-refractivity contribution in [3.05, 3.63) is 52.8 Å². The first-order valence-electron chi connectivity index (χ1n) is 8.46. The second kappa shape index (κ2) is 9.41. The zero-order valence-electron chi connectivity index (χ0n) is 15.9. The van der Waals surface area contributed by atoms with E-state index in [0.29, 0.717) is 17.7 Å². The Hall–Kier alpha value is -2.54. The molecule has 1 aromatic carbocycles. The van der Waals surface area contributed by atoms with Gasteiger partial charge >= 0.3 is 11.9 Å². The number of Topliss-reactive ketones (excluding diaryl/α,β-unsaturated/α-hetero) is 1. The average molecular weight is 389 g/mol. The summed E-state index contributed by atoms with van der Waals surface area (Å²) < 4.78 is 11.8. The van der Waals surface area contributed by atoms with Crippen LogP contribution in [-0.4, -0.2) is 42.3 Å². The van der Waals surface area contributed by atoms with Gasteiger partial charge in [0.05, 0.1) is 19.1 Å². The molecule has 0 radical (unpaired) electrons. The quantitative estimate of drug-likeness (QED) is 0.391. The molecule has 0 saturated carbocycles. The number of methoxy groups -OCH3 is 1. The highest BCUT2D eigenvalue weighted by Gasteiger charge is 2.19. The van der Waals surface area contributed by atoms with Crippen molar-refractivity contribution in [3.63, 3.8) is 0 Å². The van der Waals surface area contributed by atoms with Gasteiger partial charge in [-0.15, -0.1) is 11.8 Å². The SMILES string of the molecule is COC(=O)CCn1c(C)cc(C(=O)COC(=O)c2ccccc2SC)c1C. The molecule has 2 rings (SSSR count). The van der Waals surface area contributed by atoms with Crippen molar-refractivity contribution in [2.75, 3.05) is 20.0 Å². The Morgan fingerprint density at radius 2 is 1.81 bits per heavy atom. The lowest BCUT2D eigenvalue weighted by molar-refractivity contribution is -0.140. The van der Waals surface area contributed by atoms with Crippen molar-refractivity contribution in [2.24, 2.45) is 0 Å². The average Bonchev–Trinajstić information content (AvgIpc) is 2.97. The number of ketones is 1. The van der Waals surface area contributed by atoms with Crippen molar-refractivity contribution in [3.8, 4) is 0 Å². The molecule has 0 spiro atoms. The molecule has 0 atom stereocenters. The molecular weight excluding hydrogens is 366 g/mol. The lowest BCUT2D eigenvalue weighted by atomic mass is 10.1. The first-order valence-corrected chi connectivity index (χ1v) is 9.68. The third-order valence-corrected chi connectivity index (χ3v) is 5.10. The number of esters is 2. The van der Waals surface area contributed by atoms with Crippen LogP contribution < -0.4 is 0 Å². The molecule has 6 nitrogen and oxygen atoms in total. The summed E-state index contributed by atoms with van der Waals surface area (Å²) in [5.74, 6) is -1.10. The maximum atomic E-state index is 12.5. The highest BCUT2D eigenvalue weighted by Crippen LogP contribution is 2.21. The monoisotopic (exact) mass is 389 g/mol. The molecule has 0 fully saturated rings. The van der Waals surface area contributed by atoms with E-state index in [-0.39, 0.29) is 24.8 Å².